The molecule has 2 aliphatic rings. The van der Waals surface area contributed by atoms with Gasteiger partial charge in [-0.3, -0.25) is 0 Å². The molecule has 1 N–H and O–H groups in total. The summed E-state index contributed by atoms with van der Waals surface area (Å²) < 4.78 is 12.1. The number of fused-ring (bicyclic) bond motifs is 1. The summed E-state index contributed by atoms with van der Waals surface area (Å²) in [6.07, 6.45) is 8.64. The number of hydrogen-bond acceptors (Lipinski definition) is 4. The lowest BCUT2D eigenvalue weighted by Crippen LogP contribution is -2.34. The van der Waals surface area contributed by atoms with Crippen LogP contribution in [-0.4, -0.2) is 30.8 Å². The molecular weight excluding hydrogens is 282 g/mol. The zero-order chi connectivity index (χ0) is 14.5. The summed E-state index contributed by atoms with van der Waals surface area (Å²) in [4.78, 5) is 0. The molecule has 1 heterocycles. The van der Waals surface area contributed by atoms with Crippen molar-refractivity contribution in [3.05, 3.63) is 23.8 Å². The molecule has 21 heavy (non-hydrogen) atoms. The normalized spacial score (nSPS) is 20.2. The molecule has 1 fully saturated rings. The van der Waals surface area contributed by atoms with Crippen LogP contribution in [0.4, 0.5) is 0 Å². The second-order valence-electron chi connectivity index (χ2n) is 5.99. The molecule has 0 amide bonds. The molecule has 116 valence electrons. The molecule has 0 saturated heterocycles. The van der Waals surface area contributed by atoms with Crippen LogP contribution in [0.2, 0.25) is 0 Å². The summed E-state index contributed by atoms with van der Waals surface area (Å²) in [5, 5.41) is 3.65. The molecule has 0 radical (unpaired) electrons. The Morgan fingerprint density at radius 3 is 2.76 bits per heavy atom. The Bertz CT molecular complexity index is 472. The van der Waals surface area contributed by atoms with Crippen LogP contribution in [-0.2, 0) is 6.54 Å². The van der Waals surface area contributed by atoms with Gasteiger partial charge in [0.2, 0.25) is 0 Å². The molecule has 0 bridgehead atoms. The predicted molar refractivity (Wildman–Crippen MR) is 88.5 cm³/mol. The van der Waals surface area contributed by atoms with Gasteiger partial charge in [0.1, 0.15) is 0 Å². The molecule has 1 aromatic rings. The fraction of sp³-hybridized carbons (Fsp3) is 0.647. The summed E-state index contributed by atoms with van der Waals surface area (Å²) in [5.41, 5.74) is 1.21. The van der Waals surface area contributed by atoms with E-state index in [-0.39, 0.29) is 0 Å². The Morgan fingerprint density at radius 2 is 1.95 bits per heavy atom. The van der Waals surface area contributed by atoms with Gasteiger partial charge < -0.3 is 14.8 Å². The van der Waals surface area contributed by atoms with E-state index in [9.17, 15) is 0 Å². The SMILES string of the molecule is CSC1(CNCc2cccc3c2OCCCO3)CCCC1. The van der Waals surface area contributed by atoms with Gasteiger partial charge >= 0.3 is 0 Å². The number of ether oxygens (including phenoxy) is 2. The number of hydrogen-bond donors (Lipinski definition) is 1. The van der Waals surface area contributed by atoms with E-state index < -0.39 is 0 Å². The van der Waals surface area contributed by atoms with Crippen LogP contribution in [0, 0.1) is 0 Å². The van der Waals surface area contributed by atoms with Gasteiger partial charge in [0.25, 0.3) is 0 Å². The highest BCUT2D eigenvalue weighted by molar-refractivity contribution is 8.00. The topological polar surface area (TPSA) is 30.5 Å². The number of rotatable bonds is 5. The van der Waals surface area contributed by atoms with Crippen molar-refractivity contribution in [3.63, 3.8) is 0 Å². The number of benzene rings is 1. The molecule has 1 aliphatic heterocycles. The summed E-state index contributed by atoms with van der Waals surface area (Å²) in [7, 11) is 0. The van der Waals surface area contributed by atoms with Gasteiger partial charge in [-0.2, -0.15) is 11.8 Å². The van der Waals surface area contributed by atoms with Gasteiger partial charge in [0.05, 0.1) is 13.2 Å². The fourth-order valence-electron chi connectivity index (χ4n) is 3.29. The first-order valence-electron chi connectivity index (χ1n) is 7.96. The molecule has 0 aromatic heterocycles. The van der Waals surface area contributed by atoms with Gasteiger partial charge in [0, 0.05) is 29.8 Å². The monoisotopic (exact) mass is 307 g/mol. The zero-order valence-corrected chi connectivity index (χ0v) is 13.6. The van der Waals surface area contributed by atoms with E-state index >= 15 is 0 Å². The quantitative estimate of drug-likeness (QED) is 0.900. The largest absolute Gasteiger partial charge is 0.490 e. The molecule has 4 heteroatoms. The lowest BCUT2D eigenvalue weighted by molar-refractivity contribution is 0.296. The highest BCUT2D eigenvalue weighted by atomic mass is 32.2. The van der Waals surface area contributed by atoms with Crippen molar-refractivity contribution in [3.8, 4) is 11.5 Å². The van der Waals surface area contributed by atoms with Crippen molar-refractivity contribution >= 4 is 11.8 Å². The third-order valence-electron chi connectivity index (χ3n) is 4.56. The second-order valence-corrected chi connectivity index (χ2v) is 7.27. The average molecular weight is 307 g/mol. The summed E-state index contributed by atoms with van der Waals surface area (Å²) in [5.74, 6) is 1.83. The smallest absolute Gasteiger partial charge is 0.165 e. The lowest BCUT2D eigenvalue weighted by Gasteiger charge is -2.27. The van der Waals surface area contributed by atoms with Crippen molar-refractivity contribution < 1.29 is 9.47 Å². The number of nitrogens with one attached hydrogen (secondary N) is 1. The van der Waals surface area contributed by atoms with Crippen molar-refractivity contribution in [2.75, 3.05) is 26.0 Å². The van der Waals surface area contributed by atoms with Crippen LogP contribution >= 0.6 is 11.8 Å². The maximum absolute atomic E-state index is 5.88. The van der Waals surface area contributed by atoms with Crippen LogP contribution in [0.15, 0.2) is 18.2 Å². The Balaban J connectivity index is 1.63. The molecule has 0 atom stereocenters. The van der Waals surface area contributed by atoms with Gasteiger partial charge in [-0.1, -0.05) is 25.0 Å². The second kappa shape index (κ2) is 6.93. The Kier molecular flexibility index (Phi) is 4.96. The molecule has 1 aromatic carbocycles. The van der Waals surface area contributed by atoms with Crippen LogP contribution in [0.1, 0.15) is 37.7 Å². The van der Waals surface area contributed by atoms with E-state index in [1.54, 1.807) is 0 Å². The van der Waals surface area contributed by atoms with Crippen molar-refractivity contribution in [1.82, 2.24) is 5.32 Å². The van der Waals surface area contributed by atoms with E-state index in [4.69, 9.17) is 9.47 Å². The minimum atomic E-state index is 0.448. The van der Waals surface area contributed by atoms with E-state index in [0.717, 1.165) is 44.2 Å². The summed E-state index contributed by atoms with van der Waals surface area (Å²) in [6, 6.07) is 6.20. The van der Waals surface area contributed by atoms with Crippen LogP contribution in [0.25, 0.3) is 0 Å². The van der Waals surface area contributed by atoms with Crippen LogP contribution in [0.5, 0.6) is 11.5 Å². The van der Waals surface area contributed by atoms with Crippen molar-refractivity contribution in [2.45, 2.75) is 43.4 Å². The summed E-state index contributed by atoms with van der Waals surface area (Å²) >= 11 is 2.03. The molecule has 1 saturated carbocycles. The highest BCUT2D eigenvalue weighted by Crippen LogP contribution is 2.40. The molecule has 1 aliphatic carbocycles. The molecule has 0 spiro atoms. The van der Waals surface area contributed by atoms with E-state index in [0.29, 0.717) is 4.75 Å². The maximum atomic E-state index is 5.88. The van der Waals surface area contributed by atoms with E-state index in [1.807, 2.05) is 17.8 Å². The number of thioether (sulfide) groups is 1. The van der Waals surface area contributed by atoms with E-state index in [2.05, 4.69) is 23.7 Å². The van der Waals surface area contributed by atoms with Crippen LogP contribution < -0.4 is 14.8 Å². The van der Waals surface area contributed by atoms with Gasteiger partial charge in [-0.05, 0) is 25.2 Å². The predicted octanol–water partition coefficient (Wildman–Crippen LogP) is 3.61. The number of para-hydroxylation sites is 1. The van der Waals surface area contributed by atoms with Crippen molar-refractivity contribution in [1.29, 1.82) is 0 Å². The lowest BCUT2D eigenvalue weighted by atomic mass is 10.1. The standard InChI is InChI=1S/C17H25NO2S/c1-21-17(8-2-3-9-17)13-18-12-14-6-4-7-15-16(14)20-11-5-10-19-15/h4,6-7,18H,2-3,5,8-13H2,1H3. The van der Waals surface area contributed by atoms with Gasteiger partial charge in [-0.25, -0.2) is 0 Å². The van der Waals surface area contributed by atoms with Gasteiger partial charge in [-0.15, -0.1) is 0 Å². The fourth-order valence-corrected chi connectivity index (χ4v) is 4.23. The third-order valence-corrected chi connectivity index (χ3v) is 5.98. The zero-order valence-electron chi connectivity index (χ0n) is 12.8. The first kappa shape index (κ1) is 15.0. The first-order chi connectivity index (χ1) is 10.3. The Morgan fingerprint density at radius 1 is 1.14 bits per heavy atom. The first-order valence-corrected chi connectivity index (χ1v) is 9.19. The molecule has 3 rings (SSSR count). The van der Waals surface area contributed by atoms with E-state index in [1.165, 1.54) is 31.2 Å². The highest BCUT2D eigenvalue weighted by Gasteiger charge is 2.32. The average Bonchev–Trinajstić information content (AvgIpc) is 2.85. The molecule has 0 unspecified atom stereocenters. The third kappa shape index (κ3) is 3.49. The summed E-state index contributed by atoms with van der Waals surface area (Å²) in [6.45, 7) is 3.44. The Hall–Kier alpha value is -0.870. The molecular formula is C17H25NO2S. The maximum Gasteiger partial charge on any atom is 0.165 e. The minimum Gasteiger partial charge on any atom is -0.490 e. The van der Waals surface area contributed by atoms with Crippen LogP contribution in [0.3, 0.4) is 0 Å². The molecule has 3 nitrogen and oxygen atoms in total. The van der Waals surface area contributed by atoms with Crippen molar-refractivity contribution in [2.24, 2.45) is 0 Å². The van der Waals surface area contributed by atoms with Gasteiger partial charge in [0.15, 0.2) is 11.5 Å². The Labute approximate surface area is 131 Å². The minimum absolute atomic E-state index is 0.448.